The lowest BCUT2D eigenvalue weighted by Crippen LogP contribution is -2.40. The van der Waals surface area contributed by atoms with Crippen molar-refractivity contribution in [3.8, 4) is 0 Å². The summed E-state index contributed by atoms with van der Waals surface area (Å²) in [5, 5.41) is 11.6. The van der Waals surface area contributed by atoms with Gasteiger partial charge in [-0.2, -0.15) is 0 Å². The largest absolute Gasteiger partial charge is 0.480 e. The van der Waals surface area contributed by atoms with E-state index in [0.717, 1.165) is 25.7 Å². The standard InChI is InChI=1S/C23H26ClFN2O4/c24-20-11-10-19(12-21(20)25)27(18-4-2-1-3-5-18)23(30)26-13-16-6-8-17(9-7-16)14-31-15-22(28)29/h1-5,10-12,16-17H,6-9,13-15H2,(H,26,30)(H,28,29). The van der Waals surface area contributed by atoms with E-state index in [1.54, 1.807) is 18.2 Å². The van der Waals surface area contributed by atoms with Gasteiger partial charge in [-0.25, -0.2) is 14.0 Å². The van der Waals surface area contributed by atoms with Crippen molar-refractivity contribution >= 4 is 35.0 Å². The van der Waals surface area contributed by atoms with Gasteiger partial charge in [0.25, 0.3) is 0 Å². The van der Waals surface area contributed by atoms with Crippen molar-refractivity contribution in [2.45, 2.75) is 25.7 Å². The molecule has 0 aromatic heterocycles. The van der Waals surface area contributed by atoms with Gasteiger partial charge < -0.3 is 15.2 Å². The highest BCUT2D eigenvalue weighted by molar-refractivity contribution is 6.30. The molecule has 166 valence electrons. The normalized spacial score (nSPS) is 18.4. The maximum Gasteiger partial charge on any atom is 0.329 e. The van der Waals surface area contributed by atoms with E-state index >= 15 is 0 Å². The maximum atomic E-state index is 14.0. The summed E-state index contributed by atoms with van der Waals surface area (Å²) in [5.41, 5.74) is 1.02. The highest BCUT2D eigenvalue weighted by Crippen LogP contribution is 2.30. The molecule has 0 aliphatic heterocycles. The second kappa shape index (κ2) is 11.1. The zero-order valence-corrected chi connectivity index (χ0v) is 17.9. The molecule has 0 heterocycles. The number of nitrogens with zero attached hydrogens (tertiary/aromatic N) is 1. The second-order valence-corrected chi connectivity index (χ2v) is 8.16. The number of rotatable bonds is 8. The van der Waals surface area contributed by atoms with E-state index in [9.17, 15) is 14.0 Å². The van der Waals surface area contributed by atoms with Crippen LogP contribution in [0.25, 0.3) is 0 Å². The molecule has 0 bridgehead atoms. The van der Waals surface area contributed by atoms with Crippen LogP contribution in [0.1, 0.15) is 25.7 Å². The molecular weight excluding hydrogens is 423 g/mol. The number of hydrogen-bond donors (Lipinski definition) is 2. The first-order valence-electron chi connectivity index (χ1n) is 10.3. The summed E-state index contributed by atoms with van der Waals surface area (Å²) in [6, 6.07) is 13.0. The highest BCUT2D eigenvalue weighted by Gasteiger charge is 2.24. The quantitative estimate of drug-likeness (QED) is 0.579. The third-order valence-electron chi connectivity index (χ3n) is 5.47. The number of aliphatic carboxylic acids is 1. The van der Waals surface area contributed by atoms with Gasteiger partial charge in [-0.3, -0.25) is 4.90 Å². The predicted molar refractivity (Wildman–Crippen MR) is 117 cm³/mol. The summed E-state index contributed by atoms with van der Waals surface area (Å²) in [6.07, 6.45) is 3.74. The van der Waals surface area contributed by atoms with Crippen LogP contribution in [0.3, 0.4) is 0 Å². The Labute approximate surface area is 186 Å². The van der Waals surface area contributed by atoms with Crippen molar-refractivity contribution in [3.05, 3.63) is 59.4 Å². The number of para-hydroxylation sites is 1. The number of anilines is 2. The third-order valence-corrected chi connectivity index (χ3v) is 5.77. The number of nitrogens with one attached hydrogen (secondary N) is 1. The van der Waals surface area contributed by atoms with E-state index in [4.69, 9.17) is 21.4 Å². The van der Waals surface area contributed by atoms with Crippen LogP contribution in [0.15, 0.2) is 48.5 Å². The fourth-order valence-electron chi connectivity index (χ4n) is 3.81. The van der Waals surface area contributed by atoms with Gasteiger partial charge in [-0.1, -0.05) is 29.8 Å². The predicted octanol–water partition coefficient (Wildman–Crippen LogP) is 5.23. The summed E-state index contributed by atoms with van der Waals surface area (Å²) in [5.74, 6) is -0.861. The van der Waals surface area contributed by atoms with Gasteiger partial charge in [0.15, 0.2) is 0 Å². The molecule has 2 N–H and O–H groups in total. The minimum atomic E-state index is -0.958. The number of carboxylic acid groups (broad SMARTS) is 1. The Morgan fingerprint density at radius 2 is 1.74 bits per heavy atom. The summed E-state index contributed by atoms with van der Waals surface area (Å²) >= 11 is 5.80. The molecule has 1 fully saturated rings. The van der Waals surface area contributed by atoms with Crippen molar-refractivity contribution < 1.29 is 23.8 Å². The lowest BCUT2D eigenvalue weighted by atomic mass is 9.82. The van der Waals surface area contributed by atoms with E-state index < -0.39 is 11.8 Å². The average Bonchev–Trinajstić information content (AvgIpc) is 2.76. The molecule has 6 nitrogen and oxygen atoms in total. The van der Waals surface area contributed by atoms with Crippen molar-refractivity contribution in [3.63, 3.8) is 0 Å². The number of halogens is 2. The summed E-state index contributed by atoms with van der Waals surface area (Å²) in [4.78, 5) is 25.0. The van der Waals surface area contributed by atoms with Crippen molar-refractivity contribution in [1.29, 1.82) is 0 Å². The molecule has 0 radical (unpaired) electrons. The van der Waals surface area contributed by atoms with Crippen LogP contribution in [-0.2, 0) is 9.53 Å². The van der Waals surface area contributed by atoms with E-state index in [1.165, 1.54) is 17.0 Å². The molecule has 0 saturated heterocycles. The van der Waals surface area contributed by atoms with Crippen LogP contribution in [0, 0.1) is 17.7 Å². The number of carbonyl (C=O) groups excluding carboxylic acids is 1. The Kier molecular flexibility index (Phi) is 8.26. The van der Waals surface area contributed by atoms with Gasteiger partial charge in [-0.15, -0.1) is 0 Å². The van der Waals surface area contributed by atoms with Crippen LogP contribution in [0.2, 0.25) is 5.02 Å². The Hall–Kier alpha value is -2.64. The molecule has 0 spiro atoms. The van der Waals surface area contributed by atoms with Crippen LogP contribution < -0.4 is 10.2 Å². The number of benzene rings is 2. The summed E-state index contributed by atoms with van der Waals surface area (Å²) < 4.78 is 19.2. The third kappa shape index (κ3) is 6.67. The van der Waals surface area contributed by atoms with Gasteiger partial charge >= 0.3 is 12.0 Å². The van der Waals surface area contributed by atoms with Gasteiger partial charge in [-0.05, 0) is 67.9 Å². The van der Waals surface area contributed by atoms with Crippen molar-refractivity contribution in [2.24, 2.45) is 11.8 Å². The van der Waals surface area contributed by atoms with Crippen LogP contribution >= 0.6 is 11.6 Å². The molecule has 0 unspecified atom stereocenters. The number of hydrogen-bond acceptors (Lipinski definition) is 3. The topological polar surface area (TPSA) is 78.9 Å². The minimum Gasteiger partial charge on any atom is -0.480 e. The van der Waals surface area contributed by atoms with Crippen LogP contribution in [0.5, 0.6) is 0 Å². The lowest BCUT2D eigenvalue weighted by molar-refractivity contribution is -0.142. The van der Waals surface area contributed by atoms with Crippen molar-refractivity contribution in [1.82, 2.24) is 5.32 Å². The Bertz CT molecular complexity index is 888. The minimum absolute atomic E-state index is 0.00117. The van der Waals surface area contributed by atoms with Crippen LogP contribution in [-0.4, -0.2) is 36.9 Å². The zero-order valence-electron chi connectivity index (χ0n) is 17.1. The van der Waals surface area contributed by atoms with Gasteiger partial charge in [0.05, 0.1) is 23.0 Å². The molecule has 1 saturated carbocycles. The molecule has 2 amide bonds. The fourth-order valence-corrected chi connectivity index (χ4v) is 3.93. The Morgan fingerprint density at radius 3 is 2.39 bits per heavy atom. The van der Waals surface area contributed by atoms with Gasteiger partial charge in [0, 0.05) is 6.54 Å². The first-order chi connectivity index (χ1) is 14.9. The number of carboxylic acids is 1. The smallest absolute Gasteiger partial charge is 0.329 e. The van der Waals surface area contributed by atoms with E-state index in [-0.39, 0.29) is 17.7 Å². The summed E-state index contributed by atoms with van der Waals surface area (Å²) in [7, 11) is 0. The highest BCUT2D eigenvalue weighted by atomic mass is 35.5. The molecular formula is C23H26ClFN2O4. The first-order valence-corrected chi connectivity index (χ1v) is 10.7. The van der Waals surface area contributed by atoms with E-state index in [2.05, 4.69) is 5.32 Å². The van der Waals surface area contributed by atoms with Gasteiger partial charge in [0.1, 0.15) is 12.4 Å². The first kappa shape index (κ1) is 23.0. The Balaban J connectivity index is 1.58. The van der Waals surface area contributed by atoms with E-state index in [1.807, 2.05) is 18.2 Å². The van der Waals surface area contributed by atoms with Gasteiger partial charge in [0.2, 0.25) is 0 Å². The lowest BCUT2D eigenvalue weighted by Gasteiger charge is -2.29. The molecule has 2 aromatic carbocycles. The maximum absolute atomic E-state index is 14.0. The monoisotopic (exact) mass is 448 g/mol. The zero-order chi connectivity index (χ0) is 22.2. The molecule has 2 aromatic rings. The van der Waals surface area contributed by atoms with Crippen molar-refractivity contribution in [2.75, 3.05) is 24.7 Å². The molecule has 1 aliphatic rings. The number of urea groups is 1. The second-order valence-electron chi connectivity index (χ2n) is 7.75. The van der Waals surface area contributed by atoms with E-state index in [0.29, 0.717) is 36.4 Å². The molecule has 31 heavy (non-hydrogen) atoms. The number of ether oxygens (including phenoxy) is 1. The number of amides is 2. The molecule has 0 atom stereocenters. The molecule has 3 rings (SSSR count). The molecule has 8 heteroatoms. The number of carbonyl (C=O) groups is 2. The summed E-state index contributed by atoms with van der Waals surface area (Å²) in [6.45, 7) is 0.701. The molecule has 1 aliphatic carbocycles. The Morgan fingerprint density at radius 1 is 1.06 bits per heavy atom. The fraction of sp³-hybridized carbons (Fsp3) is 0.391. The average molecular weight is 449 g/mol. The SMILES string of the molecule is O=C(O)COCC1CCC(CNC(=O)N(c2ccccc2)c2ccc(Cl)c(F)c2)CC1. The van der Waals surface area contributed by atoms with Crippen LogP contribution in [0.4, 0.5) is 20.6 Å².